The van der Waals surface area contributed by atoms with E-state index in [1.54, 1.807) is 57.8 Å². The molecule has 0 bridgehead atoms. The first-order valence-electron chi connectivity index (χ1n) is 19.2. The molecule has 0 spiro atoms. The van der Waals surface area contributed by atoms with Gasteiger partial charge in [-0.25, -0.2) is 0 Å². The van der Waals surface area contributed by atoms with Crippen LogP contribution in [0.15, 0.2) is 0 Å². The van der Waals surface area contributed by atoms with E-state index in [0.717, 1.165) is 0 Å². The molecule has 0 unspecified atom stereocenters. The van der Waals surface area contributed by atoms with Crippen LogP contribution in [0.2, 0.25) is 39.9 Å². The van der Waals surface area contributed by atoms with Crippen LogP contribution in [-0.2, 0) is 0 Å². The van der Waals surface area contributed by atoms with Crippen LogP contribution in [0.5, 0.6) is 0 Å². The molecule has 0 N–H and O–H groups in total. The Morgan fingerprint density at radius 2 is 0.375 bits per heavy atom. The Labute approximate surface area is 269 Å². The fraction of sp³-hybridized carbons (Fsp3) is 1.00. The standard InChI is InChI=1S/9C4H9.P.3Sn/c9*1-3-4-2;;;;/h9*1,3-4H2,2H3;;;;. The molecular formula is C36H81PSn3. The summed E-state index contributed by atoms with van der Waals surface area (Å²) in [5, 5.41) is 0. The van der Waals surface area contributed by atoms with Crippen LogP contribution in [0.1, 0.15) is 178 Å². The van der Waals surface area contributed by atoms with Crippen molar-refractivity contribution in [2.75, 3.05) is 0 Å². The number of rotatable bonds is 30. The summed E-state index contributed by atoms with van der Waals surface area (Å²) in [4.78, 5) is 0. The maximum absolute atomic E-state index is 2.54. The van der Waals surface area contributed by atoms with Gasteiger partial charge in [0.15, 0.2) is 0 Å². The van der Waals surface area contributed by atoms with E-state index in [1.165, 1.54) is 57.8 Å². The molecule has 0 aliphatic heterocycles. The average molecular weight is 901 g/mol. The van der Waals surface area contributed by atoms with Crippen molar-refractivity contribution in [1.29, 1.82) is 0 Å². The van der Waals surface area contributed by atoms with Crippen molar-refractivity contribution >= 4 is 54.4 Å². The predicted octanol–water partition coefficient (Wildman–Crippen LogP) is 15.5. The van der Waals surface area contributed by atoms with Gasteiger partial charge in [0.25, 0.3) is 0 Å². The fourth-order valence-electron chi connectivity index (χ4n) is 8.19. The number of hydrogen-bond acceptors (Lipinski definition) is 0. The Bertz CT molecular complexity index is 411. The molecule has 0 nitrogen and oxygen atoms in total. The first-order valence-corrected chi connectivity index (χ1v) is 50.2. The van der Waals surface area contributed by atoms with Gasteiger partial charge in [0.2, 0.25) is 0 Å². The second-order valence-electron chi connectivity index (χ2n) is 13.9. The van der Waals surface area contributed by atoms with Crippen LogP contribution < -0.4 is 0 Å². The summed E-state index contributed by atoms with van der Waals surface area (Å²) in [6.07, 6.45) is 27.9. The van der Waals surface area contributed by atoms with E-state index in [1.807, 2.05) is 39.9 Å². The van der Waals surface area contributed by atoms with Crippen molar-refractivity contribution in [2.24, 2.45) is 0 Å². The van der Waals surface area contributed by atoms with E-state index in [0.29, 0.717) is 0.881 Å². The number of hydrogen-bond donors (Lipinski definition) is 0. The van der Waals surface area contributed by atoms with Crippen molar-refractivity contribution in [3.05, 3.63) is 0 Å². The monoisotopic (exact) mass is 904 g/mol. The summed E-state index contributed by atoms with van der Waals surface area (Å²) in [5.74, 6) is 0. The third-order valence-electron chi connectivity index (χ3n) is 10.4. The van der Waals surface area contributed by atoms with Gasteiger partial charge in [-0.1, -0.05) is 0 Å². The fourth-order valence-corrected chi connectivity index (χ4v) is 387. The molecule has 0 fully saturated rings. The molecule has 4 heteroatoms. The van der Waals surface area contributed by atoms with Gasteiger partial charge in [-0.05, 0) is 0 Å². The molecule has 0 saturated carbocycles. The molecule has 0 amide bonds. The zero-order valence-corrected chi connectivity index (χ0v) is 39.5. The summed E-state index contributed by atoms with van der Waals surface area (Å²) in [6.45, 7) is 22.9. The Balaban J connectivity index is 7.80. The van der Waals surface area contributed by atoms with Gasteiger partial charge in [-0.2, -0.15) is 0 Å². The van der Waals surface area contributed by atoms with Crippen LogP contribution in [0.3, 0.4) is 0 Å². The first-order chi connectivity index (χ1) is 19.4. The molecule has 0 saturated heterocycles. The zero-order valence-electron chi connectivity index (χ0n) is 30.0. The molecule has 0 heterocycles. The van der Waals surface area contributed by atoms with Crippen molar-refractivity contribution < 1.29 is 0 Å². The van der Waals surface area contributed by atoms with Gasteiger partial charge in [-0.3, -0.25) is 0 Å². The summed E-state index contributed by atoms with van der Waals surface area (Å²) >= 11 is -7.14. The molecular weight excluding hydrogens is 820 g/mol. The van der Waals surface area contributed by atoms with E-state index < -0.39 is 53.5 Å². The van der Waals surface area contributed by atoms with Gasteiger partial charge in [0, 0.05) is 0 Å². The Morgan fingerprint density at radius 3 is 0.475 bits per heavy atom. The van der Waals surface area contributed by atoms with Crippen molar-refractivity contribution in [3.63, 3.8) is 0 Å². The molecule has 0 radical (unpaired) electrons. The summed E-state index contributed by atoms with van der Waals surface area (Å²) < 4.78 is 17.2. The second-order valence-corrected chi connectivity index (χ2v) is 112. The Hall–Kier alpha value is 2.83. The first kappa shape index (κ1) is 42.8. The molecule has 0 aliphatic carbocycles. The average Bonchev–Trinajstić information content (AvgIpc) is 2.98. The molecule has 0 aliphatic rings. The zero-order chi connectivity index (χ0) is 30.2. The van der Waals surface area contributed by atoms with Gasteiger partial charge in [0.1, 0.15) is 0 Å². The van der Waals surface area contributed by atoms with E-state index in [4.69, 9.17) is 0 Å². The molecule has 40 heavy (non-hydrogen) atoms. The molecule has 0 aromatic heterocycles. The predicted molar refractivity (Wildman–Crippen MR) is 202 cm³/mol. The SMILES string of the molecule is CCC[CH2][Sn]([CH2]CCC)([CH2]CCC)[P]([Sn]([CH2]CCC)([CH2]CCC)[CH2]CCC)[Sn]([CH2]CCC)([CH2]CCC)[CH2]CCC. The van der Waals surface area contributed by atoms with Crippen LogP contribution >= 0.6 is 0.881 Å². The molecule has 0 atom stereocenters. The quantitative estimate of drug-likeness (QED) is 0.0498. The van der Waals surface area contributed by atoms with Crippen molar-refractivity contribution in [2.45, 2.75) is 218 Å². The minimum absolute atomic E-state index is 0.522. The van der Waals surface area contributed by atoms with Crippen LogP contribution in [0, 0.1) is 0 Å². The normalized spacial score (nSPS) is 13.1. The van der Waals surface area contributed by atoms with Crippen molar-refractivity contribution in [3.8, 4) is 0 Å². The van der Waals surface area contributed by atoms with Gasteiger partial charge < -0.3 is 0 Å². The molecule has 0 aromatic carbocycles. The van der Waals surface area contributed by atoms with Gasteiger partial charge >= 0.3 is 272 Å². The van der Waals surface area contributed by atoms with Crippen LogP contribution in [0.25, 0.3) is 0 Å². The molecule has 242 valence electrons. The Kier molecular flexibility index (Phi) is 28.9. The number of unbranched alkanes of at least 4 members (excludes halogenated alkanes) is 9. The summed E-state index contributed by atoms with van der Waals surface area (Å²) in [5.41, 5.74) is 0. The third kappa shape index (κ3) is 14.9. The third-order valence-corrected chi connectivity index (χ3v) is 248. The van der Waals surface area contributed by atoms with Crippen LogP contribution in [-0.4, -0.2) is 53.5 Å². The Morgan fingerprint density at radius 1 is 0.250 bits per heavy atom. The van der Waals surface area contributed by atoms with E-state index >= 15 is 0 Å². The van der Waals surface area contributed by atoms with Gasteiger partial charge in [0.05, 0.1) is 0 Å². The topological polar surface area (TPSA) is 0 Å². The van der Waals surface area contributed by atoms with E-state index in [2.05, 4.69) is 62.3 Å². The minimum atomic E-state index is -2.38. The van der Waals surface area contributed by atoms with E-state index in [-0.39, 0.29) is 0 Å². The second kappa shape index (κ2) is 27.0. The summed E-state index contributed by atoms with van der Waals surface area (Å²) in [7, 11) is 0. The molecule has 0 rings (SSSR count). The van der Waals surface area contributed by atoms with Gasteiger partial charge in [-0.15, -0.1) is 0 Å². The molecule has 0 aromatic rings. The maximum atomic E-state index is 2.54. The van der Waals surface area contributed by atoms with Crippen LogP contribution in [0.4, 0.5) is 0 Å². The van der Waals surface area contributed by atoms with Crippen molar-refractivity contribution in [1.82, 2.24) is 0 Å². The summed E-state index contributed by atoms with van der Waals surface area (Å²) in [6, 6.07) is 0. The van der Waals surface area contributed by atoms with E-state index in [9.17, 15) is 0 Å².